The van der Waals surface area contributed by atoms with Gasteiger partial charge in [0.1, 0.15) is 4.90 Å². The molecule has 0 atom stereocenters. The van der Waals surface area contributed by atoms with Crippen molar-refractivity contribution in [2.75, 3.05) is 38.1 Å². The fourth-order valence-electron chi connectivity index (χ4n) is 3.57. The number of pyridine rings is 1. The molecule has 0 unspecified atom stereocenters. The predicted octanol–water partition coefficient (Wildman–Crippen LogP) is 3.49. The Hall–Kier alpha value is -3.03. The average molecular weight is 566 g/mol. The van der Waals surface area contributed by atoms with Crippen molar-refractivity contribution in [2.24, 2.45) is 5.10 Å². The van der Waals surface area contributed by atoms with Crippen LogP contribution in [-0.2, 0) is 10.0 Å². The van der Waals surface area contributed by atoms with Gasteiger partial charge in [0, 0.05) is 48.5 Å². The molecule has 1 aromatic carbocycles. The van der Waals surface area contributed by atoms with E-state index in [9.17, 15) is 18.5 Å². The molecule has 0 aliphatic rings. The number of nitrogens with one attached hydrogen (secondary N) is 1. The molecule has 3 aromatic rings. The molecule has 0 saturated heterocycles. The summed E-state index contributed by atoms with van der Waals surface area (Å²) < 4.78 is 29.0. The number of sulfonamides is 1. The lowest BCUT2D eigenvalue weighted by atomic mass is 10.2. The van der Waals surface area contributed by atoms with Gasteiger partial charge in [-0.1, -0.05) is 29.8 Å². The topological polar surface area (TPSA) is 125 Å². The van der Waals surface area contributed by atoms with Crippen molar-refractivity contribution < 1.29 is 13.3 Å². The standard InChI is InChI=1S/C22H28BrN7O4S/c1-5-28(6-2)12-11-27(4)20-8-7-18(30(31)32)14-22(20)35(33,34)26-25-16(3)19-15-24-29-10-9-17(23)13-21(19)29/h7-10,13-15,26H,5-6,11-12H2,1-4H3/b25-16+. The summed E-state index contributed by atoms with van der Waals surface area (Å²) in [6, 6.07) is 7.49. The zero-order valence-corrected chi connectivity index (χ0v) is 22.4. The summed E-state index contributed by atoms with van der Waals surface area (Å²) in [5, 5.41) is 19.7. The van der Waals surface area contributed by atoms with E-state index >= 15 is 0 Å². The molecule has 188 valence electrons. The second-order valence-corrected chi connectivity index (χ2v) is 10.4. The molecule has 0 saturated carbocycles. The zero-order valence-electron chi connectivity index (χ0n) is 20.0. The number of rotatable bonds is 11. The van der Waals surface area contributed by atoms with E-state index in [0.29, 0.717) is 23.5 Å². The van der Waals surface area contributed by atoms with E-state index in [1.54, 1.807) is 35.8 Å². The van der Waals surface area contributed by atoms with Crippen molar-refractivity contribution in [1.82, 2.24) is 19.3 Å². The van der Waals surface area contributed by atoms with Gasteiger partial charge in [0.25, 0.3) is 15.7 Å². The fourth-order valence-corrected chi connectivity index (χ4v) is 5.04. The molecule has 0 amide bonds. The quantitative estimate of drug-likeness (QED) is 0.214. The molecule has 2 aromatic heterocycles. The molecule has 1 N–H and O–H groups in total. The van der Waals surface area contributed by atoms with Crippen molar-refractivity contribution in [3.05, 3.63) is 62.9 Å². The highest BCUT2D eigenvalue weighted by molar-refractivity contribution is 9.10. The Morgan fingerprint density at radius 2 is 1.94 bits per heavy atom. The highest BCUT2D eigenvalue weighted by Gasteiger charge is 2.24. The normalized spacial score (nSPS) is 12.3. The number of hydrogen-bond donors (Lipinski definition) is 1. The van der Waals surface area contributed by atoms with Crippen molar-refractivity contribution in [3.8, 4) is 0 Å². The first-order valence-corrected chi connectivity index (χ1v) is 13.3. The van der Waals surface area contributed by atoms with Gasteiger partial charge in [0.2, 0.25) is 0 Å². The van der Waals surface area contributed by atoms with Crippen LogP contribution in [0, 0.1) is 10.1 Å². The van der Waals surface area contributed by atoms with Crippen LogP contribution in [0.15, 0.2) is 57.2 Å². The third-order valence-electron chi connectivity index (χ3n) is 5.71. The average Bonchev–Trinajstić information content (AvgIpc) is 3.25. The predicted molar refractivity (Wildman–Crippen MR) is 140 cm³/mol. The van der Waals surface area contributed by atoms with Gasteiger partial charge in [-0.3, -0.25) is 10.1 Å². The van der Waals surface area contributed by atoms with Crippen molar-refractivity contribution in [3.63, 3.8) is 0 Å². The van der Waals surface area contributed by atoms with Crippen LogP contribution in [0.4, 0.5) is 11.4 Å². The maximum absolute atomic E-state index is 13.3. The summed E-state index contributed by atoms with van der Waals surface area (Å²) in [4.78, 5) is 16.7. The SMILES string of the molecule is CCN(CC)CCN(C)c1ccc([N+](=O)[O-])cc1S(=O)(=O)N/N=C(\C)c1cnn2ccc(Br)cc12. The summed E-state index contributed by atoms with van der Waals surface area (Å²) in [5.74, 6) is 0. The van der Waals surface area contributed by atoms with Gasteiger partial charge in [-0.15, -0.1) is 0 Å². The van der Waals surface area contributed by atoms with Crippen molar-refractivity contribution >= 4 is 48.6 Å². The Bertz CT molecular complexity index is 1350. The molecule has 0 radical (unpaired) electrons. The number of halogens is 1. The summed E-state index contributed by atoms with van der Waals surface area (Å²) in [6.07, 6.45) is 3.36. The van der Waals surface area contributed by atoms with Gasteiger partial charge in [-0.05, 0) is 38.2 Å². The number of nitro benzene ring substituents is 1. The molecule has 13 heteroatoms. The number of non-ortho nitro benzene ring substituents is 1. The Balaban J connectivity index is 1.94. The molecule has 0 fully saturated rings. The molecular formula is C22H28BrN7O4S. The number of hydrogen-bond acceptors (Lipinski definition) is 8. The molecule has 2 heterocycles. The number of hydrazone groups is 1. The van der Waals surface area contributed by atoms with Crippen LogP contribution in [0.25, 0.3) is 5.52 Å². The molecule has 11 nitrogen and oxygen atoms in total. The van der Waals surface area contributed by atoms with Crippen molar-refractivity contribution in [1.29, 1.82) is 0 Å². The maximum atomic E-state index is 13.3. The smallest absolute Gasteiger partial charge is 0.278 e. The fraction of sp³-hybridized carbons (Fsp3) is 0.364. The summed E-state index contributed by atoms with van der Waals surface area (Å²) >= 11 is 3.42. The molecule has 0 aliphatic carbocycles. The number of anilines is 1. The number of nitro groups is 1. The lowest BCUT2D eigenvalue weighted by Crippen LogP contribution is -2.34. The van der Waals surface area contributed by atoms with E-state index in [4.69, 9.17) is 0 Å². The van der Waals surface area contributed by atoms with Gasteiger partial charge < -0.3 is 9.80 Å². The second-order valence-electron chi connectivity index (χ2n) is 7.88. The van der Waals surface area contributed by atoms with Crippen LogP contribution in [0.3, 0.4) is 0 Å². The maximum Gasteiger partial charge on any atom is 0.278 e. The van der Waals surface area contributed by atoms with E-state index in [1.807, 2.05) is 12.1 Å². The van der Waals surface area contributed by atoms with Crippen molar-refractivity contribution in [2.45, 2.75) is 25.7 Å². The van der Waals surface area contributed by atoms with E-state index in [1.165, 1.54) is 12.1 Å². The van der Waals surface area contributed by atoms with E-state index in [0.717, 1.165) is 35.7 Å². The Labute approximate surface area is 212 Å². The first kappa shape index (κ1) is 26.6. The van der Waals surface area contributed by atoms with Gasteiger partial charge >= 0.3 is 0 Å². The number of nitrogens with zero attached hydrogens (tertiary/aromatic N) is 6. The highest BCUT2D eigenvalue weighted by atomic mass is 79.9. The molecule has 0 spiro atoms. The summed E-state index contributed by atoms with van der Waals surface area (Å²) in [7, 11) is -2.46. The Morgan fingerprint density at radius 1 is 1.23 bits per heavy atom. The first-order chi connectivity index (χ1) is 16.6. The van der Waals surface area contributed by atoms with Crippen LogP contribution in [-0.4, -0.2) is 66.8 Å². The Morgan fingerprint density at radius 3 is 2.60 bits per heavy atom. The lowest BCUT2D eigenvalue weighted by Gasteiger charge is -2.26. The largest absolute Gasteiger partial charge is 0.372 e. The van der Waals surface area contributed by atoms with Crippen LogP contribution >= 0.6 is 15.9 Å². The minimum Gasteiger partial charge on any atom is -0.372 e. The minimum atomic E-state index is -4.22. The van der Waals surface area contributed by atoms with Gasteiger partial charge in [0.05, 0.1) is 28.0 Å². The number of likely N-dealkylation sites (N-methyl/N-ethyl adjacent to an activating group) is 2. The van der Waals surface area contributed by atoms with Gasteiger partial charge in [-0.2, -0.15) is 23.4 Å². The van der Waals surface area contributed by atoms with Crippen LogP contribution in [0.5, 0.6) is 0 Å². The highest BCUT2D eigenvalue weighted by Crippen LogP contribution is 2.29. The van der Waals surface area contributed by atoms with E-state index in [-0.39, 0.29) is 10.6 Å². The van der Waals surface area contributed by atoms with Crippen LogP contribution in [0.1, 0.15) is 26.3 Å². The molecule has 0 bridgehead atoms. The molecule has 3 rings (SSSR count). The molecule has 0 aliphatic heterocycles. The minimum absolute atomic E-state index is 0.215. The monoisotopic (exact) mass is 565 g/mol. The van der Waals surface area contributed by atoms with Crippen LogP contribution < -0.4 is 9.73 Å². The number of aromatic nitrogens is 2. The summed E-state index contributed by atoms with van der Waals surface area (Å²) in [5.41, 5.74) is 1.81. The molecule has 35 heavy (non-hydrogen) atoms. The molecular weight excluding hydrogens is 538 g/mol. The summed E-state index contributed by atoms with van der Waals surface area (Å²) in [6.45, 7) is 8.76. The van der Waals surface area contributed by atoms with Gasteiger partial charge in [-0.25, -0.2) is 4.52 Å². The number of fused-ring (bicyclic) bond motifs is 1. The van der Waals surface area contributed by atoms with Gasteiger partial charge in [0.15, 0.2) is 0 Å². The second kappa shape index (κ2) is 11.1. The third kappa shape index (κ3) is 6.16. The number of benzene rings is 1. The van der Waals surface area contributed by atoms with Crippen LogP contribution in [0.2, 0.25) is 0 Å². The lowest BCUT2D eigenvalue weighted by molar-refractivity contribution is -0.385. The Kier molecular flexibility index (Phi) is 8.46. The third-order valence-corrected chi connectivity index (χ3v) is 7.44. The van der Waals surface area contributed by atoms with E-state index < -0.39 is 14.9 Å². The zero-order chi connectivity index (χ0) is 25.8. The van der Waals surface area contributed by atoms with E-state index in [2.05, 4.69) is 49.7 Å². The first-order valence-electron chi connectivity index (χ1n) is 11.0.